The van der Waals surface area contributed by atoms with Gasteiger partial charge in [0.25, 0.3) is 11.1 Å². The van der Waals surface area contributed by atoms with E-state index >= 15 is 0 Å². The average molecular weight is 383 g/mol. The molecule has 0 aliphatic carbocycles. The molecule has 0 unspecified atom stereocenters. The van der Waals surface area contributed by atoms with Gasteiger partial charge in [0.1, 0.15) is 5.82 Å². The third-order valence-corrected chi connectivity index (χ3v) is 3.74. The number of aromatic nitrogens is 2. The molecule has 0 saturated carbocycles. The van der Waals surface area contributed by atoms with Gasteiger partial charge >= 0.3 is 6.18 Å². The molecule has 0 spiro atoms. The topological polar surface area (TPSA) is 55.3 Å². The van der Waals surface area contributed by atoms with Crippen LogP contribution in [0.3, 0.4) is 0 Å². The highest BCUT2D eigenvalue weighted by Gasteiger charge is 2.36. The van der Waals surface area contributed by atoms with Crippen molar-refractivity contribution in [1.82, 2.24) is 10.2 Å². The van der Waals surface area contributed by atoms with Crippen LogP contribution < -0.4 is 9.64 Å². The molecule has 0 aliphatic rings. The van der Waals surface area contributed by atoms with Gasteiger partial charge in [-0.3, -0.25) is 9.50 Å². The Bertz CT molecular complexity index is 703. The van der Waals surface area contributed by atoms with Crippen LogP contribution in [0.1, 0.15) is 18.9 Å². The molecular weight excluding hydrogens is 369 g/mol. The molecule has 0 radical (unpaired) electrons. The van der Waals surface area contributed by atoms with E-state index in [4.69, 9.17) is 4.74 Å². The van der Waals surface area contributed by atoms with Crippen LogP contribution >= 0.6 is 11.3 Å². The van der Waals surface area contributed by atoms with Crippen molar-refractivity contribution in [3.63, 3.8) is 0 Å². The first-order chi connectivity index (χ1) is 11.2. The zero-order valence-corrected chi connectivity index (χ0v) is 13.9. The predicted octanol–water partition coefficient (Wildman–Crippen LogP) is 3.67. The molecule has 138 valence electrons. The van der Waals surface area contributed by atoms with E-state index in [1.807, 2.05) is 0 Å². The molecule has 2 aromatic rings. The number of anilines is 1. The van der Waals surface area contributed by atoms with Gasteiger partial charge in [0, 0.05) is 11.7 Å². The van der Waals surface area contributed by atoms with Crippen LogP contribution in [0.5, 0.6) is 5.19 Å². The molecule has 0 saturated heterocycles. The summed E-state index contributed by atoms with van der Waals surface area (Å²) in [5.74, 6) is -0.944. The monoisotopic (exact) mass is 383 g/mol. The third-order valence-electron chi connectivity index (χ3n) is 2.86. The Morgan fingerprint density at radius 3 is 2.32 bits per heavy atom. The maximum Gasteiger partial charge on any atom is 0.445 e. The lowest BCUT2D eigenvalue weighted by atomic mass is 10.2. The minimum absolute atomic E-state index is 0. The first-order valence-corrected chi connectivity index (χ1v) is 7.61. The van der Waals surface area contributed by atoms with E-state index in [9.17, 15) is 22.4 Å². The Labute approximate surface area is 143 Å². The Morgan fingerprint density at radius 1 is 1.24 bits per heavy atom. The molecule has 11 heteroatoms. The second-order valence-corrected chi connectivity index (χ2v) is 5.93. The Morgan fingerprint density at radius 2 is 1.84 bits per heavy atom. The van der Waals surface area contributed by atoms with Crippen LogP contribution in [0.25, 0.3) is 0 Å². The Balaban J connectivity index is 0.00000312. The maximum atomic E-state index is 13.0. The van der Waals surface area contributed by atoms with Crippen molar-refractivity contribution in [3.8, 4) is 5.19 Å². The van der Waals surface area contributed by atoms with Crippen molar-refractivity contribution in [1.29, 1.82) is 0 Å². The Hall–Kier alpha value is -2.30. The lowest BCUT2D eigenvalue weighted by molar-refractivity contribution is -0.138. The van der Waals surface area contributed by atoms with Crippen LogP contribution in [-0.4, -0.2) is 28.8 Å². The number of alkyl halides is 3. The molecule has 0 atom stereocenters. The van der Waals surface area contributed by atoms with Gasteiger partial charge in [0.2, 0.25) is 5.01 Å². The van der Waals surface area contributed by atoms with Crippen molar-refractivity contribution in [2.24, 2.45) is 0 Å². The van der Waals surface area contributed by atoms with Gasteiger partial charge in [-0.2, -0.15) is 13.2 Å². The number of nitrogens with zero attached hydrogens (tertiary/aromatic N) is 3. The summed E-state index contributed by atoms with van der Waals surface area (Å²) in [6.45, 7) is 2.98. The molecule has 25 heavy (non-hydrogen) atoms. The number of hydrogen-bond donors (Lipinski definition) is 0. The number of carbonyl (C=O) groups excluding carboxylic acids is 1. The molecule has 1 aromatic carbocycles. The lowest BCUT2D eigenvalue weighted by Gasteiger charge is -2.26. The number of rotatable bonds is 5. The van der Waals surface area contributed by atoms with Gasteiger partial charge in [0.05, 0.1) is 0 Å². The second kappa shape index (κ2) is 8.19. The fourth-order valence-electron chi connectivity index (χ4n) is 1.91. The Kier molecular flexibility index (Phi) is 6.79. The van der Waals surface area contributed by atoms with E-state index in [-0.39, 0.29) is 27.3 Å². The van der Waals surface area contributed by atoms with E-state index in [2.05, 4.69) is 10.2 Å². The largest absolute Gasteiger partial charge is 0.459 e. The minimum atomic E-state index is -4.61. The van der Waals surface area contributed by atoms with Crippen molar-refractivity contribution < 1.29 is 31.8 Å². The fourth-order valence-corrected chi connectivity index (χ4v) is 2.47. The number of hydrogen-bond acceptors (Lipinski definition) is 5. The van der Waals surface area contributed by atoms with Crippen molar-refractivity contribution in [3.05, 3.63) is 35.1 Å². The molecule has 5 nitrogen and oxygen atoms in total. The first kappa shape index (κ1) is 20.7. The highest BCUT2D eigenvalue weighted by molar-refractivity contribution is 7.13. The molecule has 1 amide bonds. The molecule has 0 N–H and O–H groups in total. The number of amides is 1. The summed E-state index contributed by atoms with van der Waals surface area (Å²) >= 11 is 0.210. The zero-order chi connectivity index (χ0) is 17.9. The van der Waals surface area contributed by atoms with E-state index < -0.39 is 29.5 Å². The van der Waals surface area contributed by atoms with Crippen LogP contribution in [0, 0.1) is 5.82 Å². The molecule has 2 rings (SSSR count). The lowest BCUT2D eigenvalue weighted by Crippen LogP contribution is -2.40. The first-order valence-electron chi connectivity index (χ1n) is 6.79. The SMILES string of the molecule is CC(C)N(C(=O)COc1nnc(C(F)(F)F)s1)c1ccc(F)cc1.F. The smallest absolute Gasteiger partial charge is 0.445 e. The maximum absolute atomic E-state index is 13.0. The summed E-state index contributed by atoms with van der Waals surface area (Å²) in [4.78, 5) is 13.6. The highest BCUT2D eigenvalue weighted by atomic mass is 32.1. The summed E-state index contributed by atoms with van der Waals surface area (Å²) < 4.78 is 55.3. The molecule has 1 heterocycles. The summed E-state index contributed by atoms with van der Waals surface area (Å²) in [6, 6.07) is 5.02. The summed E-state index contributed by atoms with van der Waals surface area (Å²) in [7, 11) is 0. The van der Waals surface area contributed by atoms with E-state index in [1.165, 1.54) is 29.2 Å². The van der Waals surface area contributed by atoms with Crippen LogP contribution in [0.2, 0.25) is 0 Å². The molecule has 1 aromatic heterocycles. The minimum Gasteiger partial charge on any atom is -0.459 e. The number of benzene rings is 1. The predicted molar refractivity (Wildman–Crippen MR) is 81.9 cm³/mol. The number of carbonyl (C=O) groups is 1. The number of halogens is 5. The van der Waals surface area contributed by atoms with Crippen molar-refractivity contribution in [2.75, 3.05) is 11.5 Å². The highest BCUT2D eigenvalue weighted by Crippen LogP contribution is 2.33. The molecule has 0 bridgehead atoms. The van der Waals surface area contributed by atoms with Gasteiger partial charge in [-0.1, -0.05) is 16.4 Å². The summed E-state index contributed by atoms with van der Waals surface area (Å²) in [6.07, 6.45) is -4.61. The van der Waals surface area contributed by atoms with Gasteiger partial charge in [-0.05, 0) is 38.1 Å². The van der Waals surface area contributed by atoms with Gasteiger partial charge in [-0.25, -0.2) is 4.39 Å². The number of ether oxygens (including phenoxy) is 1. The van der Waals surface area contributed by atoms with Crippen LogP contribution in [0.15, 0.2) is 24.3 Å². The second-order valence-electron chi connectivity index (χ2n) is 4.99. The molecule has 0 aliphatic heterocycles. The standard InChI is InChI=1S/C14H13F4N3O2S.FH/c1-8(2)21(10-5-3-9(15)4-6-10)11(22)7-23-13-20-19-12(24-13)14(16,17)18;/h3-6,8H,7H2,1-2H3;1H. The third kappa shape index (κ3) is 5.34. The zero-order valence-electron chi connectivity index (χ0n) is 13.1. The van der Waals surface area contributed by atoms with E-state index in [1.54, 1.807) is 13.8 Å². The van der Waals surface area contributed by atoms with Crippen LogP contribution in [-0.2, 0) is 11.0 Å². The average Bonchev–Trinajstić information content (AvgIpc) is 2.96. The molecular formula is C14H14F5N3O2S. The van der Waals surface area contributed by atoms with Gasteiger partial charge in [-0.15, -0.1) is 5.10 Å². The fraction of sp³-hybridized carbons (Fsp3) is 0.357. The van der Waals surface area contributed by atoms with E-state index in [0.717, 1.165) is 0 Å². The summed E-state index contributed by atoms with van der Waals surface area (Å²) in [5.41, 5.74) is 0.452. The van der Waals surface area contributed by atoms with Crippen LogP contribution in [0.4, 0.5) is 28.0 Å². The van der Waals surface area contributed by atoms with Crippen molar-refractivity contribution in [2.45, 2.75) is 26.1 Å². The summed E-state index contributed by atoms with van der Waals surface area (Å²) in [5, 5.41) is 4.72. The van der Waals surface area contributed by atoms with Gasteiger partial charge in [0.15, 0.2) is 6.61 Å². The quantitative estimate of drug-likeness (QED) is 0.740. The van der Waals surface area contributed by atoms with E-state index in [0.29, 0.717) is 5.69 Å². The normalized spacial score (nSPS) is 11.2. The molecule has 0 fully saturated rings. The van der Waals surface area contributed by atoms with Gasteiger partial charge < -0.3 is 9.64 Å². The van der Waals surface area contributed by atoms with Crippen molar-refractivity contribution >= 4 is 22.9 Å².